The number of hydrogen-bond donors (Lipinski definition) is 1. The quantitative estimate of drug-likeness (QED) is 0.430. The number of rotatable bonds is 5. The third kappa shape index (κ3) is 4.42. The van der Waals surface area contributed by atoms with Crippen LogP contribution in [0, 0.1) is 0 Å². The molecule has 8 heteroatoms. The zero-order valence-corrected chi connectivity index (χ0v) is 19.8. The number of esters is 1. The van der Waals surface area contributed by atoms with E-state index in [9.17, 15) is 9.59 Å². The number of carbonyl (C=O) groups excluding carboxylic acids is 2. The molecule has 5 rings (SSSR count). The number of amides is 1. The molecule has 1 amide bonds. The summed E-state index contributed by atoms with van der Waals surface area (Å²) in [6.07, 6.45) is -0.221. The zero-order valence-electron chi connectivity index (χ0n) is 18.9. The molecule has 2 aromatic heterocycles. The molecule has 0 aliphatic carbocycles. The van der Waals surface area contributed by atoms with Crippen LogP contribution >= 0.6 is 11.3 Å². The van der Waals surface area contributed by atoms with Gasteiger partial charge in [0, 0.05) is 47.1 Å². The number of fused-ring (bicyclic) bond motifs is 2. The number of ether oxygens (including phenoxy) is 1. The fourth-order valence-electron chi connectivity index (χ4n) is 4.11. The van der Waals surface area contributed by atoms with Gasteiger partial charge in [0.1, 0.15) is 0 Å². The minimum absolute atomic E-state index is 0.424. The van der Waals surface area contributed by atoms with Crippen molar-refractivity contribution in [3.05, 3.63) is 76.8 Å². The van der Waals surface area contributed by atoms with Crippen LogP contribution in [0.1, 0.15) is 28.5 Å². The molecule has 3 heterocycles. The van der Waals surface area contributed by atoms with Gasteiger partial charge < -0.3 is 9.64 Å². The number of anilines is 1. The maximum atomic E-state index is 13.3. The fourth-order valence-corrected chi connectivity index (χ4v) is 4.83. The van der Waals surface area contributed by atoms with Crippen molar-refractivity contribution in [2.24, 2.45) is 0 Å². The van der Waals surface area contributed by atoms with Crippen LogP contribution in [0.5, 0.6) is 0 Å². The molecule has 0 fully saturated rings. The van der Waals surface area contributed by atoms with Crippen molar-refractivity contribution in [3.8, 4) is 11.3 Å². The summed E-state index contributed by atoms with van der Waals surface area (Å²) in [5, 5.41) is 5.84. The highest BCUT2D eigenvalue weighted by Crippen LogP contribution is 2.29. The summed E-state index contributed by atoms with van der Waals surface area (Å²) in [4.78, 5) is 37.5. The van der Waals surface area contributed by atoms with Gasteiger partial charge in [-0.2, -0.15) is 0 Å². The summed E-state index contributed by atoms with van der Waals surface area (Å²) in [6, 6.07) is 17.3. The largest absolute Gasteiger partial charge is 0.449 e. The molecule has 2 aromatic carbocycles. The number of aromatic nitrogens is 2. The Labute approximate surface area is 201 Å². The number of benzene rings is 2. The SMILES string of the molecule is CC(OC(=O)c1c2c(nc3ccccc13)CCN(C)C2)C(=O)Nc1nc(-c2ccccc2)cs1. The Morgan fingerprint density at radius 2 is 1.85 bits per heavy atom. The average Bonchev–Trinajstić information content (AvgIpc) is 3.31. The summed E-state index contributed by atoms with van der Waals surface area (Å²) in [5.74, 6) is -0.941. The second kappa shape index (κ2) is 9.32. The van der Waals surface area contributed by atoms with Crippen molar-refractivity contribution in [1.29, 1.82) is 0 Å². The summed E-state index contributed by atoms with van der Waals surface area (Å²) < 4.78 is 5.65. The van der Waals surface area contributed by atoms with Crippen LogP contribution in [0.25, 0.3) is 22.2 Å². The predicted molar refractivity (Wildman–Crippen MR) is 133 cm³/mol. The first kappa shape index (κ1) is 22.2. The Bertz CT molecular complexity index is 1370. The molecule has 0 saturated heterocycles. The Morgan fingerprint density at radius 1 is 1.09 bits per heavy atom. The maximum Gasteiger partial charge on any atom is 0.339 e. The minimum Gasteiger partial charge on any atom is -0.449 e. The van der Waals surface area contributed by atoms with Gasteiger partial charge in [0.15, 0.2) is 11.2 Å². The molecule has 34 heavy (non-hydrogen) atoms. The number of carbonyl (C=O) groups is 2. The van der Waals surface area contributed by atoms with Crippen LogP contribution in [-0.4, -0.2) is 46.4 Å². The Kier molecular flexibility index (Phi) is 6.08. The molecule has 172 valence electrons. The van der Waals surface area contributed by atoms with Crippen LogP contribution in [0.2, 0.25) is 0 Å². The van der Waals surface area contributed by atoms with Crippen molar-refractivity contribution in [2.45, 2.75) is 26.0 Å². The highest BCUT2D eigenvalue weighted by Gasteiger charge is 2.28. The van der Waals surface area contributed by atoms with Crippen LogP contribution < -0.4 is 5.32 Å². The molecular formula is C26H24N4O3S. The zero-order chi connectivity index (χ0) is 23.7. The monoisotopic (exact) mass is 472 g/mol. The molecule has 1 aliphatic rings. The van der Waals surface area contributed by atoms with E-state index in [0.29, 0.717) is 17.2 Å². The summed E-state index contributed by atoms with van der Waals surface area (Å²) in [5.41, 5.74) is 4.79. The lowest BCUT2D eigenvalue weighted by atomic mass is 9.96. The average molecular weight is 473 g/mol. The molecule has 0 bridgehead atoms. The van der Waals surface area contributed by atoms with Gasteiger partial charge in [-0.25, -0.2) is 9.78 Å². The summed E-state index contributed by atoms with van der Waals surface area (Å²) in [7, 11) is 2.01. The van der Waals surface area contributed by atoms with E-state index < -0.39 is 18.0 Å². The first-order valence-corrected chi connectivity index (χ1v) is 12.0. The first-order chi connectivity index (χ1) is 16.5. The number of thiazole rings is 1. The Hall–Kier alpha value is -3.62. The van der Waals surface area contributed by atoms with Gasteiger partial charge >= 0.3 is 5.97 Å². The number of nitrogens with zero attached hydrogens (tertiary/aromatic N) is 3. The van der Waals surface area contributed by atoms with Crippen molar-refractivity contribution < 1.29 is 14.3 Å². The first-order valence-electron chi connectivity index (χ1n) is 11.1. The lowest BCUT2D eigenvalue weighted by Crippen LogP contribution is -2.32. The van der Waals surface area contributed by atoms with Crippen molar-refractivity contribution >= 4 is 39.2 Å². The number of hydrogen-bond acceptors (Lipinski definition) is 7. The second-order valence-electron chi connectivity index (χ2n) is 8.36. The smallest absolute Gasteiger partial charge is 0.339 e. The lowest BCUT2D eigenvalue weighted by Gasteiger charge is -2.27. The van der Waals surface area contributed by atoms with E-state index in [1.807, 2.05) is 67.0 Å². The van der Waals surface area contributed by atoms with Gasteiger partial charge in [-0.05, 0) is 20.0 Å². The standard InChI is InChI=1S/C26H24N4O3S/c1-16(24(31)29-26-28-22(15-34-26)17-8-4-3-5-9-17)33-25(32)23-18-10-6-7-11-20(18)27-21-12-13-30(2)14-19(21)23/h3-11,15-16H,12-14H2,1-2H3,(H,28,29,31). The molecule has 1 atom stereocenters. The molecule has 0 saturated carbocycles. The maximum absolute atomic E-state index is 13.3. The number of pyridine rings is 1. The van der Waals surface area contributed by atoms with Crippen molar-refractivity contribution in [1.82, 2.24) is 14.9 Å². The molecule has 4 aromatic rings. The molecule has 1 unspecified atom stereocenters. The van der Waals surface area contributed by atoms with E-state index in [1.54, 1.807) is 6.92 Å². The molecule has 7 nitrogen and oxygen atoms in total. The minimum atomic E-state index is -0.986. The normalized spacial score (nSPS) is 14.4. The second-order valence-corrected chi connectivity index (χ2v) is 9.22. The number of nitrogens with one attached hydrogen (secondary N) is 1. The third-order valence-corrected chi connectivity index (χ3v) is 6.66. The summed E-state index contributed by atoms with van der Waals surface area (Å²) in [6.45, 7) is 3.06. The highest BCUT2D eigenvalue weighted by atomic mass is 32.1. The topological polar surface area (TPSA) is 84.4 Å². The van der Waals surface area contributed by atoms with Crippen LogP contribution in [0.15, 0.2) is 60.0 Å². The number of likely N-dealkylation sites (N-methyl/N-ethyl adjacent to an activating group) is 1. The molecule has 0 spiro atoms. The van der Waals surface area contributed by atoms with Gasteiger partial charge in [-0.3, -0.25) is 15.1 Å². The summed E-state index contributed by atoms with van der Waals surface area (Å²) >= 11 is 1.33. The Balaban J connectivity index is 1.35. The fraction of sp³-hybridized carbons (Fsp3) is 0.231. The van der Waals surface area contributed by atoms with Crippen LogP contribution in [-0.2, 0) is 22.5 Å². The third-order valence-electron chi connectivity index (χ3n) is 5.90. The van der Waals surface area contributed by atoms with Crippen molar-refractivity contribution in [3.63, 3.8) is 0 Å². The van der Waals surface area contributed by atoms with E-state index in [0.717, 1.165) is 46.4 Å². The van der Waals surface area contributed by atoms with E-state index >= 15 is 0 Å². The molecule has 1 aliphatic heterocycles. The Morgan fingerprint density at radius 3 is 2.68 bits per heavy atom. The van der Waals surface area contributed by atoms with E-state index in [1.165, 1.54) is 11.3 Å². The van der Waals surface area contributed by atoms with Gasteiger partial charge in [0.25, 0.3) is 5.91 Å². The van der Waals surface area contributed by atoms with E-state index in [-0.39, 0.29) is 0 Å². The van der Waals surface area contributed by atoms with Gasteiger partial charge in [0.05, 0.1) is 16.8 Å². The van der Waals surface area contributed by atoms with E-state index in [4.69, 9.17) is 9.72 Å². The molecule has 1 N–H and O–H groups in total. The van der Waals surface area contributed by atoms with Crippen LogP contribution in [0.4, 0.5) is 5.13 Å². The highest BCUT2D eigenvalue weighted by molar-refractivity contribution is 7.14. The lowest BCUT2D eigenvalue weighted by molar-refractivity contribution is -0.123. The van der Waals surface area contributed by atoms with E-state index in [2.05, 4.69) is 15.2 Å². The predicted octanol–water partition coefficient (Wildman–Crippen LogP) is 4.53. The van der Waals surface area contributed by atoms with Gasteiger partial charge in [-0.1, -0.05) is 48.5 Å². The van der Waals surface area contributed by atoms with Gasteiger partial charge in [-0.15, -0.1) is 11.3 Å². The van der Waals surface area contributed by atoms with Gasteiger partial charge in [0.2, 0.25) is 0 Å². The van der Waals surface area contributed by atoms with Crippen molar-refractivity contribution in [2.75, 3.05) is 18.9 Å². The molecular weight excluding hydrogens is 448 g/mol. The van der Waals surface area contributed by atoms with Crippen LogP contribution in [0.3, 0.4) is 0 Å². The number of para-hydroxylation sites is 1. The molecule has 0 radical (unpaired) electrons.